The number of carboxylic acid groups (broad SMARTS) is 1. The number of nitrogens with zero attached hydrogens (tertiary/aromatic N) is 2. The van der Waals surface area contributed by atoms with Gasteiger partial charge in [-0.3, -0.25) is 4.31 Å². The number of rotatable bonds is 4. The number of aryl methyl sites for hydroxylation is 3. The first kappa shape index (κ1) is 16.6. The predicted molar refractivity (Wildman–Crippen MR) is 91.1 cm³/mol. The molecule has 0 spiro atoms. The quantitative estimate of drug-likeness (QED) is 0.921. The van der Waals surface area contributed by atoms with E-state index in [1.807, 2.05) is 25.1 Å². The summed E-state index contributed by atoms with van der Waals surface area (Å²) in [5.41, 5.74) is 2.78. The van der Waals surface area contributed by atoms with Crippen molar-refractivity contribution in [3.8, 4) is 0 Å². The highest BCUT2D eigenvalue weighted by Crippen LogP contribution is 2.33. The van der Waals surface area contributed by atoms with Crippen molar-refractivity contribution in [2.75, 3.05) is 10.8 Å². The Labute approximate surface area is 141 Å². The lowest BCUT2D eigenvalue weighted by atomic mass is 10.0. The number of sulfonamides is 1. The van der Waals surface area contributed by atoms with Gasteiger partial charge in [0.05, 0.1) is 5.69 Å². The topological polar surface area (TPSA) is 79.6 Å². The van der Waals surface area contributed by atoms with Crippen LogP contribution in [0.4, 0.5) is 5.69 Å². The zero-order chi connectivity index (χ0) is 17.5. The third kappa shape index (κ3) is 2.69. The highest BCUT2D eigenvalue weighted by molar-refractivity contribution is 7.92. The van der Waals surface area contributed by atoms with Crippen LogP contribution in [0, 0.1) is 6.92 Å². The van der Waals surface area contributed by atoms with E-state index in [1.54, 1.807) is 6.92 Å². The summed E-state index contributed by atoms with van der Waals surface area (Å²) in [5.74, 6) is -1.13. The molecule has 1 aromatic carbocycles. The maximum Gasteiger partial charge on any atom is 0.352 e. The van der Waals surface area contributed by atoms with Crippen molar-refractivity contribution >= 4 is 21.7 Å². The molecule has 0 bridgehead atoms. The SMILES string of the molecule is CCn1cc(S(=O)(=O)N2CCCc3cc(C)ccc32)cc1C(=O)O. The Hall–Kier alpha value is -2.28. The van der Waals surface area contributed by atoms with Gasteiger partial charge in [-0.1, -0.05) is 17.7 Å². The van der Waals surface area contributed by atoms with E-state index in [-0.39, 0.29) is 10.6 Å². The molecule has 0 unspecified atom stereocenters. The van der Waals surface area contributed by atoms with Gasteiger partial charge >= 0.3 is 5.97 Å². The summed E-state index contributed by atoms with van der Waals surface area (Å²) in [6, 6.07) is 6.98. The van der Waals surface area contributed by atoms with Crippen LogP contribution < -0.4 is 4.31 Å². The van der Waals surface area contributed by atoms with E-state index in [4.69, 9.17) is 0 Å². The molecule has 0 saturated heterocycles. The molecule has 128 valence electrons. The Morgan fingerprint density at radius 2 is 2.04 bits per heavy atom. The molecule has 1 N–H and O–H groups in total. The zero-order valence-electron chi connectivity index (χ0n) is 13.7. The number of anilines is 1. The summed E-state index contributed by atoms with van der Waals surface area (Å²) >= 11 is 0. The van der Waals surface area contributed by atoms with Crippen LogP contribution in [0.5, 0.6) is 0 Å². The number of benzene rings is 1. The molecular formula is C17H20N2O4S. The molecule has 0 aliphatic carbocycles. The summed E-state index contributed by atoms with van der Waals surface area (Å²) in [6.07, 6.45) is 3.00. The number of aromatic carboxylic acids is 1. The van der Waals surface area contributed by atoms with Crippen molar-refractivity contribution in [3.05, 3.63) is 47.3 Å². The van der Waals surface area contributed by atoms with Crippen LogP contribution in [0.3, 0.4) is 0 Å². The third-order valence-corrected chi connectivity index (χ3v) is 6.11. The Bertz CT molecular complexity index is 899. The van der Waals surface area contributed by atoms with E-state index >= 15 is 0 Å². The van der Waals surface area contributed by atoms with Crippen LogP contribution in [0.2, 0.25) is 0 Å². The van der Waals surface area contributed by atoms with Crippen LogP contribution in [0.1, 0.15) is 35.0 Å². The number of carbonyl (C=O) groups is 1. The molecule has 0 fully saturated rings. The number of hydrogen-bond acceptors (Lipinski definition) is 3. The zero-order valence-corrected chi connectivity index (χ0v) is 14.5. The first-order chi connectivity index (χ1) is 11.3. The van der Waals surface area contributed by atoms with E-state index in [0.717, 1.165) is 24.0 Å². The summed E-state index contributed by atoms with van der Waals surface area (Å²) in [4.78, 5) is 11.3. The highest BCUT2D eigenvalue weighted by atomic mass is 32.2. The standard InChI is InChI=1S/C17H20N2O4S/c1-3-18-11-14(10-16(18)17(20)21)24(22,23)19-8-4-5-13-9-12(2)6-7-15(13)19/h6-7,9-11H,3-5,8H2,1-2H3,(H,20,21). The van der Waals surface area contributed by atoms with Crippen molar-refractivity contribution in [2.24, 2.45) is 0 Å². The smallest absolute Gasteiger partial charge is 0.352 e. The molecule has 7 heteroatoms. The highest BCUT2D eigenvalue weighted by Gasteiger charge is 2.31. The summed E-state index contributed by atoms with van der Waals surface area (Å²) in [7, 11) is -3.78. The monoisotopic (exact) mass is 348 g/mol. The summed E-state index contributed by atoms with van der Waals surface area (Å²) in [6.45, 7) is 4.56. The van der Waals surface area contributed by atoms with E-state index in [1.165, 1.54) is 21.1 Å². The number of fused-ring (bicyclic) bond motifs is 1. The molecule has 1 aliphatic heterocycles. The van der Waals surface area contributed by atoms with E-state index in [9.17, 15) is 18.3 Å². The first-order valence-corrected chi connectivity index (χ1v) is 9.34. The van der Waals surface area contributed by atoms with Crippen molar-refractivity contribution in [1.82, 2.24) is 4.57 Å². The molecule has 0 radical (unpaired) electrons. The summed E-state index contributed by atoms with van der Waals surface area (Å²) < 4.78 is 29.0. The van der Waals surface area contributed by atoms with E-state index in [2.05, 4.69) is 0 Å². The Kier molecular flexibility index (Phi) is 4.13. The first-order valence-electron chi connectivity index (χ1n) is 7.90. The lowest BCUT2D eigenvalue weighted by Gasteiger charge is -2.30. The van der Waals surface area contributed by atoms with Gasteiger partial charge in [0, 0.05) is 19.3 Å². The summed E-state index contributed by atoms with van der Waals surface area (Å²) in [5, 5.41) is 9.25. The Balaban J connectivity index is 2.08. The van der Waals surface area contributed by atoms with Crippen molar-refractivity contribution in [3.63, 3.8) is 0 Å². The fourth-order valence-electron chi connectivity index (χ4n) is 3.13. The molecule has 2 aromatic rings. The maximum atomic E-state index is 13.1. The molecule has 0 atom stereocenters. The van der Waals surface area contributed by atoms with Crippen LogP contribution in [0.15, 0.2) is 35.4 Å². The van der Waals surface area contributed by atoms with Gasteiger partial charge in [0.1, 0.15) is 10.6 Å². The minimum atomic E-state index is -3.78. The van der Waals surface area contributed by atoms with Gasteiger partial charge in [0.15, 0.2) is 0 Å². The van der Waals surface area contributed by atoms with Crippen LogP contribution in [-0.4, -0.2) is 30.6 Å². The minimum Gasteiger partial charge on any atom is -0.477 e. The maximum absolute atomic E-state index is 13.1. The number of hydrogen-bond donors (Lipinski definition) is 1. The average Bonchev–Trinajstić information content (AvgIpc) is 2.99. The molecule has 0 amide bonds. The van der Waals surface area contributed by atoms with E-state index < -0.39 is 16.0 Å². The molecule has 24 heavy (non-hydrogen) atoms. The molecular weight excluding hydrogens is 328 g/mol. The van der Waals surface area contributed by atoms with Gasteiger partial charge in [-0.25, -0.2) is 13.2 Å². The molecule has 0 saturated carbocycles. The normalized spacial score (nSPS) is 14.5. The molecule has 3 rings (SSSR count). The van der Waals surface area contributed by atoms with Gasteiger partial charge in [0.25, 0.3) is 10.0 Å². The third-order valence-electron chi connectivity index (χ3n) is 4.33. The second-order valence-electron chi connectivity index (χ2n) is 5.97. The van der Waals surface area contributed by atoms with Gasteiger partial charge in [0.2, 0.25) is 0 Å². The average molecular weight is 348 g/mol. The Morgan fingerprint density at radius 1 is 1.29 bits per heavy atom. The molecule has 6 nitrogen and oxygen atoms in total. The van der Waals surface area contributed by atoms with E-state index in [0.29, 0.717) is 18.8 Å². The predicted octanol–water partition coefficient (Wildman–Crippen LogP) is 2.66. The van der Waals surface area contributed by atoms with Crippen LogP contribution in [-0.2, 0) is 23.0 Å². The molecule has 2 heterocycles. The van der Waals surface area contributed by atoms with Crippen LogP contribution in [0.25, 0.3) is 0 Å². The van der Waals surface area contributed by atoms with Gasteiger partial charge in [-0.15, -0.1) is 0 Å². The lowest BCUT2D eigenvalue weighted by Crippen LogP contribution is -2.35. The second-order valence-corrected chi connectivity index (χ2v) is 7.83. The van der Waals surface area contributed by atoms with Gasteiger partial charge in [-0.2, -0.15) is 0 Å². The number of aromatic nitrogens is 1. The number of carboxylic acids is 1. The van der Waals surface area contributed by atoms with Crippen molar-refractivity contribution in [1.29, 1.82) is 0 Å². The molecule has 1 aliphatic rings. The Morgan fingerprint density at radius 3 is 2.67 bits per heavy atom. The minimum absolute atomic E-state index is 0.0165. The fraction of sp³-hybridized carbons (Fsp3) is 0.353. The van der Waals surface area contributed by atoms with Crippen LogP contribution >= 0.6 is 0 Å². The molecule has 1 aromatic heterocycles. The largest absolute Gasteiger partial charge is 0.477 e. The van der Waals surface area contributed by atoms with Gasteiger partial charge in [-0.05, 0) is 44.4 Å². The van der Waals surface area contributed by atoms with Crippen molar-refractivity contribution in [2.45, 2.75) is 38.1 Å². The fourth-order valence-corrected chi connectivity index (χ4v) is 4.72. The van der Waals surface area contributed by atoms with Crippen molar-refractivity contribution < 1.29 is 18.3 Å². The second kappa shape index (κ2) is 5.98. The van der Waals surface area contributed by atoms with Gasteiger partial charge < -0.3 is 9.67 Å². The lowest BCUT2D eigenvalue weighted by molar-refractivity contribution is 0.0685.